The predicted molar refractivity (Wildman–Crippen MR) is 61.1 cm³/mol. The second-order valence-electron chi connectivity index (χ2n) is 2.98. The third-order valence-electron chi connectivity index (χ3n) is 2.07. The van der Waals surface area contributed by atoms with E-state index >= 15 is 0 Å². The van der Waals surface area contributed by atoms with Crippen molar-refractivity contribution in [1.29, 1.82) is 5.26 Å². The number of carbonyl (C=O) groups excluding carboxylic acids is 1. The predicted octanol–water partition coefficient (Wildman–Crippen LogP) is 2.04. The molecule has 0 aliphatic rings. The van der Waals surface area contributed by atoms with Gasteiger partial charge in [-0.2, -0.15) is 5.26 Å². The Morgan fingerprint density at radius 3 is 2.69 bits per heavy atom. The molecular formula is C11H10BrNO3. The molecule has 0 radical (unpaired) electrons. The van der Waals surface area contributed by atoms with Gasteiger partial charge < -0.3 is 9.47 Å². The van der Waals surface area contributed by atoms with Crippen LogP contribution in [0.5, 0.6) is 5.75 Å². The molecule has 0 unspecified atom stereocenters. The summed E-state index contributed by atoms with van der Waals surface area (Å²) in [5.74, 6) is 0.0341. The first-order valence-corrected chi connectivity index (χ1v) is 5.25. The lowest BCUT2D eigenvalue weighted by atomic mass is 10.1. The van der Waals surface area contributed by atoms with E-state index in [0.29, 0.717) is 21.3 Å². The molecule has 0 heterocycles. The number of rotatable bonds is 3. The van der Waals surface area contributed by atoms with Gasteiger partial charge in [-0.25, -0.2) is 0 Å². The zero-order valence-corrected chi connectivity index (χ0v) is 10.5. The number of carbonyl (C=O) groups is 1. The first kappa shape index (κ1) is 12.5. The van der Waals surface area contributed by atoms with Crippen LogP contribution in [0.15, 0.2) is 16.6 Å². The summed E-state index contributed by atoms with van der Waals surface area (Å²) in [5.41, 5.74) is 1.01. The Hall–Kier alpha value is -1.54. The van der Waals surface area contributed by atoms with Crippen molar-refractivity contribution in [3.63, 3.8) is 0 Å². The van der Waals surface area contributed by atoms with Gasteiger partial charge in [-0.05, 0) is 22.0 Å². The largest absolute Gasteiger partial charge is 0.495 e. The van der Waals surface area contributed by atoms with Gasteiger partial charge in [-0.3, -0.25) is 4.79 Å². The molecule has 84 valence electrons. The van der Waals surface area contributed by atoms with Gasteiger partial charge in [0.1, 0.15) is 17.4 Å². The second-order valence-corrected chi connectivity index (χ2v) is 3.83. The van der Waals surface area contributed by atoms with Crippen molar-refractivity contribution >= 4 is 21.9 Å². The van der Waals surface area contributed by atoms with E-state index in [-0.39, 0.29) is 12.4 Å². The number of nitriles is 1. The quantitative estimate of drug-likeness (QED) is 0.797. The number of esters is 1. The minimum absolute atomic E-state index is 0.0850. The van der Waals surface area contributed by atoms with Crippen molar-refractivity contribution in [2.24, 2.45) is 0 Å². The Balaban J connectivity index is 3.21. The Kier molecular flexibility index (Phi) is 4.32. The van der Waals surface area contributed by atoms with Crippen LogP contribution in [0.2, 0.25) is 0 Å². The standard InChI is InChI=1S/C11H10BrNO3/c1-15-10(14)5-7-3-4-9(12)8(6-13)11(7)16-2/h3-4H,5H2,1-2H3. The molecule has 0 N–H and O–H groups in total. The SMILES string of the molecule is COC(=O)Cc1ccc(Br)c(C#N)c1OC. The number of ether oxygens (including phenoxy) is 2. The van der Waals surface area contributed by atoms with Crippen molar-refractivity contribution in [1.82, 2.24) is 0 Å². The first-order valence-electron chi connectivity index (χ1n) is 4.46. The van der Waals surface area contributed by atoms with E-state index in [1.54, 1.807) is 12.1 Å². The molecule has 0 atom stereocenters. The Bertz CT molecular complexity index is 451. The van der Waals surface area contributed by atoms with Crippen LogP contribution in [-0.4, -0.2) is 20.2 Å². The van der Waals surface area contributed by atoms with Crippen LogP contribution in [0.1, 0.15) is 11.1 Å². The van der Waals surface area contributed by atoms with Crippen molar-refractivity contribution in [2.75, 3.05) is 14.2 Å². The number of nitrogens with zero attached hydrogens (tertiary/aromatic N) is 1. The summed E-state index contributed by atoms with van der Waals surface area (Å²) in [5, 5.41) is 8.97. The highest BCUT2D eigenvalue weighted by Crippen LogP contribution is 2.30. The smallest absolute Gasteiger partial charge is 0.310 e. The maximum Gasteiger partial charge on any atom is 0.310 e. The Labute approximate surface area is 102 Å². The number of benzene rings is 1. The van der Waals surface area contributed by atoms with E-state index < -0.39 is 0 Å². The van der Waals surface area contributed by atoms with Gasteiger partial charge in [0, 0.05) is 10.0 Å². The molecule has 0 amide bonds. The topological polar surface area (TPSA) is 59.3 Å². The fourth-order valence-electron chi connectivity index (χ4n) is 1.31. The molecule has 1 rings (SSSR count). The van der Waals surface area contributed by atoms with Crippen LogP contribution < -0.4 is 4.74 Å². The lowest BCUT2D eigenvalue weighted by Crippen LogP contribution is -2.06. The number of halogens is 1. The zero-order valence-electron chi connectivity index (χ0n) is 8.91. The summed E-state index contributed by atoms with van der Waals surface area (Å²) in [6.07, 6.45) is 0.0850. The normalized spacial score (nSPS) is 9.38. The highest BCUT2D eigenvalue weighted by atomic mass is 79.9. The van der Waals surface area contributed by atoms with Crippen LogP contribution in [0.25, 0.3) is 0 Å². The number of hydrogen-bond donors (Lipinski definition) is 0. The summed E-state index contributed by atoms with van der Waals surface area (Å²) in [4.78, 5) is 11.2. The van der Waals surface area contributed by atoms with Crippen LogP contribution in [-0.2, 0) is 16.0 Å². The van der Waals surface area contributed by atoms with E-state index in [4.69, 9.17) is 10.00 Å². The molecule has 0 fully saturated rings. The molecule has 1 aromatic carbocycles. The summed E-state index contributed by atoms with van der Waals surface area (Å²) >= 11 is 3.25. The molecule has 4 nitrogen and oxygen atoms in total. The summed E-state index contributed by atoms with van der Waals surface area (Å²) in [6.45, 7) is 0. The molecule has 0 saturated carbocycles. The van der Waals surface area contributed by atoms with Crippen LogP contribution in [0, 0.1) is 11.3 Å². The van der Waals surface area contributed by atoms with Crippen LogP contribution >= 0.6 is 15.9 Å². The van der Waals surface area contributed by atoms with E-state index in [2.05, 4.69) is 20.7 Å². The molecule has 1 aromatic rings. The molecule has 0 aliphatic heterocycles. The van der Waals surface area contributed by atoms with E-state index in [1.165, 1.54) is 14.2 Å². The molecule has 0 saturated heterocycles. The molecule has 0 bridgehead atoms. The van der Waals surface area contributed by atoms with E-state index in [1.807, 2.05) is 6.07 Å². The summed E-state index contributed by atoms with van der Waals surface area (Å²) in [6, 6.07) is 5.45. The maximum atomic E-state index is 11.2. The van der Waals surface area contributed by atoms with Crippen molar-refractivity contribution in [3.05, 3.63) is 27.7 Å². The lowest BCUT2D eigenvalue weighted by Gasteiger charge is -2.10. The fourth-order valence-corrected chi connectivity index (χ4v) is 1.71. The van der Waals surface area contributed by atoms with E-state index in [9.17, 15) is 4.79 Å². The van der Waals surface area contributed by atoms with Gasteiger partial charge in [-0.15, -0.1) is 0 Å². The Morgan fingerprint density at radius 2 is 2.19 bits per heavy atom. The van der Waals surface area contributed by atoms with Crippen LogP contribution in [0.3, 0.4) is 0 Å². The zero-order chi connectivity index (χ0) is 12.1. The minimum atomic E-state index is -0.371. The van der Waals surface area contributed by atoms with Crippen LogP contribution in [0.4, 0.5) is 0 Å². The first-order chi connectivity index (χ1) is 7.63. The van der Waals surface area contributed by atoms with Gasteiger partial charge >= 0.3 is 5.97 Å². The third-order valence-corrected chi connectivity index (χ3v) is 2.73. The molecule has 16 heavy (non-hydrogen) atoms. The van der Waals surface area contributed by atoms with Gasteiger partial charge in [0.2, 0.25) is 0 Å². The molecule has 0 aromatic heterocycles. The average Bonchev–Trinajstić information content (AvgIpc) is 2.30. The van der Waals surface area contributed by atoms with Gasteiger partial charge in [-0.1, -0.05) is 6.07 Å². The van der Waals surface area contributed by atoms with Crippen molar-refractivity contribution in [2.45, 2.75) is 6.42 Å². The highest BCUT2D eigenvalue weighted by molar-refractivity contribution is 9.10. The molecular weight excluding hydrogens is 274 g/mol. The van der Waals surface area contributed by atoms with Crippen molar-refractivity contribution in [3.8, 4) is 11.8 Å². The maximum absolute atomic E-state index is 11.2. The van der Waals surface area contributed by atoms with E-state index in [0.717, 1.165) is 0 Å². The summed E-state index contributed by atoms with van der Waals surface area (Å²) in [7, 11) is 2.78. The lowest BCUT2D eigenvalue weighted by molar-refractivity contribution is -0.139. The van der Waals surface area contributed by atoms with Crippen molar-refractivity contribution < 1.29 is 14.3 Å². The average molecular weight is 284 g/mol. The molecule has 0 spiro atoms. The monoisotopic (exact) mass is 283 g/mol. The molecule has 5 heteroatoms. The third kappa shape index (κ3) is 2.52. The van der Waals surface area contributed by atoms with Gasteiger partial charge in [0.05, 0.1) is 20.6 Å². The fraction of sp³-hybridized carbons (Fsp3) is 0.273. The second kappa shape index (κ2) is 5.52. The number of methoxy groups -OCH3 is 2. The Morgan fingerprint density at radius 1 is 1.50 bits per heavy atom. The molecule has 0 aliphatic carbocycles. The summed E-state index contributed by atoms with van der Waals surface area (Å²) < 4.78 is 10.3. The minimum Gasteiger partial charge on any atom is -0.495 e. The highest BCUT2D eigenvalue weighted by Gasteiger charge is 2.15. The number of hydrogen-bond acceptors (Lipinski definition) is 4. The van der Waals surface area contributed by atoms with Gasteiger partial charge in [0.15, 0.2) is 0 Å². The van der Waals surface area contributed by atoms with Gasteiger partial charge in [0.25, 0.3) is 0 Å².